The van der Waals surface area contributed by atoms with E-state index in [1.54, 1.807) is 19.3 Å². The number of benzene rings is 1. The molecule has 0 aliphatic heterocycles. The Balaban J connectivity index is 1.59. The van der Waals surface area contributed by atoms with E-state index < -0.39 is 11.7 Å². The second-order valence-electron chi connectivity index (χ2n) is 7.14. The highest BCUT2D eigenvalue weighted by Gasteiger charge is 2.40. The van der Waals surface area contributed by atoms with Gasteiger partial charge >= 0.3 is 6.18 Å². The maximum atomic E-state index is 13.1. The molecule has 0 bridgehead atoms. The summed E-state index contributed by atoms with van der Waals surface area (Å²) in [5.41, 5.74) is 0.865. The fraction of sp³-hybridized carbons (Fsp3) is 0.429. The summed E-state index contributed by atoms with van der Waals surface area (Å²) in [7, 11) is 1.69. The molecular weight excluding hydrogens is 365 g/mol. The minimum absolute atomic E-state index is 0.278. The Bertz CT molecular complexity index is 799. The van der Waals surface area contributed by atoms with Gasteiger partial charge in [0.25, 0.3) is 0 Å². The maximum absolute atomic E-state index is 13.1. The van der Waals surface area contributed by atoms with Crippen LogP contribution in [0.3, 0.4) is 0 Å². The summed E-state index contributed by atoms with van der Waals surface area (Å²) in [6.07, 6.45) is 0.956. The van der Waals surface area contributed by atoms with Crippen molar-refractivity contribution in [2.24, 2.45) is 4.99 Å². The van der Waals surface area contributed by atoms with Gasteiger partial charge in [-0.2, -0.15) is 13.2 Å². The molecule has 3 rings (SSSR count). The topological polar surface area (TPSA) is 49.3 Å². The van der Waals surface area contributed by atoms with Crippen LogP contribution in [0.15, 0.2) is 53.7 Å². The summed E-state index contributed by atoms with van der Waals surface area (Å²) < 4.78 is 39.2. The molecule has 1 aromatic heterocycles. The number of alkyl halides is 3. The monoisotopic (exact) mass is 390 g/mol. The average Bonchev–Trinajstić information content (AvgIpc) is 2.66. The lowest BCUT2D eigenvalue weighted by Crippen LogP contribution is -2.49. The number of guanidine groups is 1. The molecule has 150 valence electrons. The maximum Gasteiger partial charge on any atom is 0.416 e. The largest absolute Gasteiger partial charge is 0.416 e. The molecule has 1 aliphatic carbocycles. The molecule has 2 aromatic rings. The molecule has 0 atom stereocenters. The van der Waals surface area contributed by atoms with Crippen LogP contribution in [0.2, 0.25) is 0 Å². The third kappa shape index (κ3) is 4.82. The zero-order chi connectivity index (χ0) is 20.0. The first-order valence-corrected chi connectivity index (χ1v) is 9.45. The Labute approximate surface area is 163 Å². The summed E-state index contributed by atoms with van der Waals surface area (Å²) >= 11 is 0. The van der Waals surface area contributed by atoms with Gasteiger partial charge in [0.15, 0.2) is 5.96 Å². The van der Waals surface area contributed by atoms with Crippen LogP contribution in [0.1, 0.15) is 36.1 Å². The van der Waals surface area contributed by atoms with Crippen LogP contribution in [0.4, 0.5) is 13.2 Å². The second kappa shape index (κ2) is 8.63. The van der Waals surface area contributed by atoms with Crippen molar-refractivity contribution in [1.29, 1.82) is 0 Å². The van der Waals surface area contributed by atoms with Gasteiger partial charge in [-0.1, -0.05) is 30.7 Å². The van der Waals surface area contributed by atoms with Gasteiger partial charge in [0.2, 0.25) is 0 Å². The van der Waals surface area contributed by atoms with Crippen molar-refractivity contribution in [1.82, 2.24) is 15.6 Å². The molecule has 0 spiro atoms. The molecular formula is C21H25F3N4. The highest BCUT2D eigenvalue weighted by Crippen LogP contribution is 2.44. The molecule has 4 nitrogen and oxygen atoms in total. The van der Waals surface area contributed by atoms with Crippen molar-refractivity contribution in [2.45, 2.75) is 37.3 Å². The second-order valence-corrected chi connectivity index (χ2v) is 7.14. The SMILES string of the molecule is CN=C(NCCc1ccccn1)NCC1(c2cccc(C(F)(F)F)c2)CCC1. The van der Waals surface area contributed by atoms with Gasteiger partial charge in [-0.25, -0.2) is 0 Å². The Kier molecular flexibility index (Phi) is 6.21. The van der Waals surface area contributed by atoms with Gasteiger partial charge in [0.1, 0.15) is 0 Å². The first-order valence-electron chi connectivity index (χ1n) is 9.45. The highest BCUT2D eigenvalue weighted by atomic mass is 19.4. The van der Waals surface area contributed by atoms with Gasteiger partial charge in [-0.05, 0) is 36.6 Å². The number of nitrogens with zero attached hydrogens (tertiary/aromatic N) is 2. The summed E-state index contributed by atoms with van der Waals surface area (Å²) in [4.78, 5) is 8.51. The first kappa shape index (κ1) is 20.2. The number of rotatable bonds is 6. The first-order chi connectivity index (χ1) is 13.4. The van der Waals surface area contributed by atoms with E-state index >= 15 is 0 Å². The van der Waals surface area contributed by atoms with Gasteiger partial charge < -0.3 is 10.6 Å². The van der Waals surface area contributed by atoms with E-state index in [2.05, 4.69) is 20.6 Å². The quantitative estimate of drug-likeness (QED) is 0.580. The van der Waals surface area contributed by atoms with Gasteiger partial charge in [0, 0.05) is 43.9 Å². The third-order valence-electron chi connectivity index (χ3n) is 5.33. The van der Waals surface area contributed by atoms with E-state index in [1.807, 2.05) is 18.2 Å². The van der Waals surface area contributed by atoms with Crippen molar-refractivity contribution in [3.63, 3.8) is 0 Å². The molecule has 28 heavy (non-hydrogen) atoms. The normalized spacial score (nSPS) is 16.4. The molecule has 2 N–H and O–H groups in total. The minimum atomic E-state index is -4.32. The van der Waals surface area contributed by atoms with E-state index in [0.29, 0.717) is 19.0 Å². The number of aromatic nitrogens is 1. The van der Waals surface area contributed by atoms with Crippen LogP contribution in [0, 0.1) is 0 Å². The number of pyridine rings is 1. The number of nitrogens with one attached hydrogen (secondary N) is 2. The van der Waals surface area contributed by atoms with E-state index in [0.717, 1.165) is 43.0 Å². The molecule has 7 heteroatoms. The van der Waals surface area contributed by atoms with Crippen molar-refractivity contribution < 1.29 is 13.2 Å². The summed E-state index contributed by atoms with van der Waals surface area (Å²) in [5.74, 6) is 0.647. The van der Waals surface area contributed by atoms with Crippen molar-refractivity contribution in [3.05, 3.63) is 65.5 Å². The Morgan fingerprint density at radius 3 is 2.57 bits per heavy atom. The Hall–Kier alpha value is -2.57. The molecule has 1 heterocycles. The fourth-order valence-corrected chi connectivity index (χ4v) is 3.52. The Morgan fingerprint density at radius 1 is 1.14 bits per heavy atom. The lowest BCUT2D eigenvalue weighted by atomic mass is 9.64. The van der Waals surface area contributed by atoms with Gasteiger partial charge in [-0.3, -0.25) is 9.98 Å². The van der Waals surface area contributed by atoms with Crippen LogP contribution >= 0.6 is 0 Å². The van der Waals surface area contributed by atoms with Crippen molar-refractivity contribution >= 4 is 5.96 Å². The van der Waals surface area contributed by atoms with Crippen LogP contribution in [0.5, 0.6) is 0 Å². The van der Waals surface area contributed by atoms with Crippen LogP contribution in [0.25, 0.3) is 0 Å². The van der Waals surface area contributed by atoms with Gasteiger partial charge in [-0.15, -0.1) is 0 Å². The number of hydrogen-bond donors (Lipinski definition) is 2. The smallest absolute Gasteiger partial charge is 0.356 e. The minimum Gasteiger partial charge on any atom is -0.356 e. The highest BCUT2D eigenvalue weighted by molar-refractivity contribution is 5.79. The lowest BCUT2D eigenvalue weighted by Gasteiger charge is -2.43. The lowest BCUT2D eigenvalue weighted by molar-refractivity contribution is -0.137. The van der Waals surface area contributed by atoms with Crippen molar-refractivity contribution in [2.75, 3.05) is 20.1 Å². The zero-order valence-corrected chi connectivity index (χ0v) is 15.9. The van der Waals surface area contributed by atoms with E-state index in [9.17, 15) is 13.2 Å². The number of hydrogen-bond acceptors (Lipinski definition) is 2. The van der Waals surface area contributed by atoms with Crippen molar-refractivity contribution in [3.8, 4) is 0 Å². The van der Waals surface area contributed by atoms with Crippen LogP contribution < -0.4 is 10.6 Å². The molecule has 0 amide bonds. The van der Waals surface area contributed by atoms with Crippen LogP contribution in [-0.2, 0) is 18.0 Å². The molecule has 1 fully saturated rings. The van der Waals surface area contributed by atoms with E-state index in [1.165, 1.54) is 12.1 Å². The molecule has 0 radical (unpaired) electrons. The van der Waals surface area contributed by atoms with E-state index in [4.69, 9.17) is 0 Å². The zero-order valence-electron chi connectivity index (χ0n) is 15.9. The Morgan fingerprint density at radius 2 is 1.96 bits per heavy atom. The predicted octanol–water partition coefficient (Wildman–Crippen LogP) is 3.93. The number of aliphatic imine (C=N–C) groups is 1. The van der Waals surface area contributed by atoms with Gasteiger partial charge in [0.05, 0.1) is 5.56 Å². The molecule has 0 saturated heterocycles. The molecule has 0 unspecified atom stereocenters. The summed E-state index contributed by atoms with van der Waals surface area (Å²) in [6.45, 7) is 1.23. The summed E-state index contributed by atoms with van der Waals surface area (Å²) in [5, 5.41) is 6.54. The standard InChI is InChI=1S/C21H25F3N4/c1-25-19(27-13-9-18-8-2-3-12-26-18)28-15-20(10-5-11-20)16-6-4-7-17(14-16)21(22,23)24/h2-4,6-8,12,14H,5,9-11,13,15H2,1H3,(H2,25,27,28). The third-order valence-corrected chi connectivity index (χ3v) is 5.33. The summed E-state index contributed by atoms with van der Waals surface area (Å²) in [6, 6.07) is 11.5. The van der Waals surface area contributed by atoms with Crippen LogP contribution in [-0.4, -0.2) is 31.1 Å². The van der Waals surface area contributed by atoms with E-state index in [-0.39, 0.29) is 5.41 Å². The predicted molar refractivity (Wildman–Crippen MR) is 104 cm³/mol. The molecule has 1 saturated carbocycles. The fourth-order valence-electron chi connectivity index (χ4n) is 3.52. The molecule has 1 aliphatic rings. The molecule has 1 aromatic carbocycles. The average molecular weight is 390 g/mol. The number of halogens is 3.